The van der Waals surface area contributed by atoms with Crippen molar-refractivity contribution in [2.24, 2.45) is 0 Å². The normalized spacial score (nSPS) is 17.8. The van der Waals surface area contributed by atoms with E-state index in [1.54, 1.807) is 12.1 Å². The molecule has 1 aromatic carbocycles. The molecular weight excluding hydrogens is 230 g/mol. The molecule has 0 aliphatic carbocycles. The van der Waals surface area contributed by atoms with Gasteiger partial charge in [0.15, 0.2) is 0 Å². The molecule has 1 aliphatic rings. The van der Waals surface area contributed by atoms with Crippen molar-refractivity contribution in [1.82, 2.24) is 10.2 Å². The van der Waals surface area contributed by atoms with Crippen molar-refractivity contribution < 1.29 is 4.92 Å². The number of non-ortho nitro benzene ring substituents is 1. The molecule has 0 saturated carbocycles. The molecule has 0 unspecified atom stereocenters. The summed E-state index contributed by atoms with van der Waals surface area (Å²) in [6.07, 6.45) is 2.55. The molecule has 1 atom stereocenters. The largest absolute Gasteiger partial charge is 0.312 e. The third kappa shape index (κ3) is 3.05. The molecule has 0 amide bonds. The van der Waals surface area contributed by atoms with Crippen LogP contribution < -0.4 is 5.32 Å². The number of hydrogen-bond donors (Lipinski definition) is 1. The second kappa shape index (κ2) is 5.93. The SMILES string of the molecule is CN[C@@H](CN1CCCC1)c1ccc([N+](=O)[O-])cc1. The van der Waals surface area contributed by atoms with E-state index in [1.165, 1.54) is 12.8 Å². The standard InChI is InChI=1S/C13H19N3O2/c1-14-13(10-15-8-2-3-9-15)11-4-6-12(7-5-11)16(17)18/h4-7,13-14H,2-3,8-10H2,1H3/t13-/m0/s1. The van der Waals surface area contributed by atoms with Crippen LogP contribution in [0.2, 0.25) is 0 Å². The summed E-state index contributed by atoms with van der Waals surface area (Å²) in [6.45, 7) is 3.28. The van der Waals surface area contributed by atoms with Crippen LogP contribution in [0.15, 0.2) is 24.3 Å². The molecule has 1 heterocycles. The van der Waals surface area contributed by atoms with Crippen LogP contribution >= 0.6 is 0 Å². The first-order valence-corrected chi connectivity index (χ1v) is 6.34. The van der Waals surface area contributed by atoms with E-state index in [2.05, 4.69) is 10.2 Å². The number of nitrogens with one attached hydrogen (secondary N) is 1. The van der Waals surface area contributed by atoms with Gasteiger partial charge in [-0.25, -0.2) is 0 Å². The summed E-state index contributed by atoms with van der Waals surface area (Å²) >= 11 is 0. The molecule has 0 spiro atoms. The van der Waals surface area contributed by atoms with E-state index in [1.807, 2.05) is 19.2 Å². The van der Waals surface area contributed by atoms with E-state index in [-0.39, 0.29) is 16.7 Å². The van der Waals surface area contributed by atoms with Crippen LogP contribution in [0.5, 0.6) is 0 Å². The van der Waals surface area contributed by atoms with E-state index < -0.39 is 0 Å². The van der Waals surface area contributed by atoms with Crippen LogP contribution in [-0.2, 0) is 0 Å². The molecule has 5 heteroatoms. The maximum absolute atomic E-state index is 10.6. The van der Waals surface area contributed by atoms with Gasteiger partial charge in [-0.1, -0.05) is 12.1 Å². The Labute approximate surface area is 107 Å². The number of nitro benzene ring substituents is 1. The first kappa shape index (κ1) is 13.0. The van der Waals surface area contributed by atoms with Gasteiger partial charge in [0.1, 0.15) is 0 Å². The molecule has 1 aliphatic heterocycles. The fourth-order valence-corrected chi connectivity index (χ4v) is 2.42. The fraction of sp³-hybridized carbons (Fsp3) is 0.538. The van der Waals surface area contributed by atoms with Crippen LogP contribution in [0, 0.1) is 10.1 Å². The van der Waals surface area contributed by atoms with Gasteiger partial charge in [-0.3, -0.25) is 10.1 Å². The Morgan fingerprint density at radius 1 is 1.33 bits per heavy atom. The van der Waals surface area contributed by atoms with Gasteiger partial charge in [-0.05, 0) is 38.5 Å². The maximum Gasteiger partial charge on any atom is 0.269 e. The second-order valence-electron chi connectivity index (χ2n) is 4.70. The van der Waals surface area contributed by atoms with Crippen molar-refractivity contribution >= 4 is 5.69 Å². The Bertz CT molecular complexity index is 399. The number of benzene rings is 1. The van der Waals surface area contributed by atoms with Gasteiger partial charge in [0.25, 0.3) is 5.69 Å². The van der Waals surface area contributed by atoms with Crippen LogP contribution in [0.3, 0.4) is 0 Å². The molecule has 98 valence electrons. The Balaban J connectivity index is 2.04. The van der Waals surface area contributed by atoms with Gasteiger partial charge < -0.3 is 10.2 Å². The van der Waals surface area contributed by atoms with E-state index in [0.717, 1.165) is 25.2 Å². The van der Waals surface area contributed by atoms with Gasteiger partial charge in [0, 0.05) is 24.7 Å². The average Bonchev–Trinajstić information content (AvgIpc) is 2.89. The second-order valence-corrected chi connectivity index (χ2v) is 4.70. The molecule has 1 N–H and O–H groups in total. The predicted octanol–water partition coefficient (Wildman–Crippen LogP) is 1.95. The predicted molar refractivity (Wildman–Crippen MR) is 70.6 cm³/mol. The number of nitro groups is 1. The molecule has 0 radical (unpaired) electrons. The van der Waals surface area contributed by atoms with Crippen LogP contribution in [-0.4, -0.2) is 36.5 Å². The fourth-order valence-electron chi connectivity index (χ4n) is 2.42. The minimum Gasteiger partial charge on any atom is -0.312 e. The molecular formula is C13H19N3O2. The summed E-state index contributed by atoms with van der Waals surface area (Å²) in [5.74, 6) is 0. The number of nitrogens with zero attached hydrogens (tertiary/aromatic N) is 2. The zero-order chi connectivity index (χ0) is 13.0. The van der Waals surface area contributed by atoms with Crippen LogP contribution in [0.1, 0.15) is 24.4 Å². The number of likely N-dealkylation sites (tertiary alicyclic amines) is 1. The highest BCUT2D eigenvalue weighted by atomic mass is 16.6. The molecule has 0 aromatic heterocycles. The monoisotopic (exact) mass is 249 g/mol. The van der Waals surface area contributed by atoms with Crippen LogP contribution in [0.25, 0.3) is 0 Å². The number of hydrogen-bond acceptors (Lipinski definition) is 4. The number of rotatable bonds is 5. The highest BCUT2D eigenvalue weighted by molar-refractivity contribution is 5.34. The number of likely N-dealkylation sites (N-methyl/N-ethyl adjacent to an activating group) is 1. The van der Waals surface area contributed by atoms with Crippen molar-refractivity contribution in [1.29, 1.82) is 0 Å². The lowest BCUT2D eigenvalue weighted by molar-refractivity contribution is -0.384. The smallest absolute Gasteiger partial charge is 0.269 e. The zero-order valence-corrected chi connectivity index (χ0v) is 10.6. The first-order valence-electron chi connectivity index (χ1n) is 6.34. The highest BCUT2D eigenvalue weighted by Gasteiger charge is 2.18. The lowest BCUT2D eigenvalue weighted by Crippen LogP contribution is -2.31. The lowest BCUT2D eigenvalue weighted by atomic mass is 10.1. The van der Waals surface area contributed by atoms with Crippen molar-refractivity contribution in [3.8, 4) is 0 Å². The third-order valence-electron chi connectivity index (χ3n) is 3.49. The Hall–Kier alpha value is -1.46. The first-order chi connectivity index (χ1) is 8.70. The van der Waals surface area contributed by atoms with Gasteiger partial charge in [-0.2, -0.15) is 0 Å². The van der Waals surface area contributed by atoms with Crippen molar-refractivity contribution in [2.75, 3.05) is 26.7 Å². The zero-order valence-electron chi connectivity index (χ0n) is 10.6. The van der Waals surface area contributed by atoms with E-state index in [0.29, 0.717) is 0 Å². The van der Waals surface area contributed by atoms with Crippen LogP contribution in [0.4, 0.5) is 5.69 Å². The Kier molecular flexibility index (Phi) is 4.28. The molecule has 18 heavy (non-hydrogen) atoms. The summed E-state index contributed by atoms with van der Waals surface area (Å²) in [7, 11) is 1.93. The van der Waals surface area contributed by atoms with Crippen molar-refractivity contribution in [3.05, 3.63) is 39.9 Å². The van der Waals surface area contributed by atoms with E-state index in [4.69, 9.17) is 0 Å². The Morgan fingerprint density at radius 2 is 1.94 bits per heavy atom. The summed E-state index contributed by atoms with van der Waals surface area (Å²) in [6, 6.07) is 7.07. The minimum absolute atomic E-state index is 0.148. The van der Waals surface area contributed by atoms with Crippen molar-refractivity contribution in [3.63, 3.8) is 0 Å². The van der Waals surface area contributed by atoms with E-state index in [9.17, 15) is 10.1 Å². The van der Waals surface area contributed by atoms with Crippen molar-refractivity contribution in [2.45, 2.75) is 18.9 Å². The van der Waals surface area contributed by atoms with Gasteiger partial charge in [0.2, 0.25) is 0 Å². The Morgan fingerprint density at radius 3 is 2.44 bits per heavy atom. The quantitative estimate of drug-likeness (QED) is 0.640. The maximum atomic E-state index is 10.6. The summed E-state index contributed by atoms with van der Waals surface area (Å²) in [5.41, 5.74) is 1.25. The minimum atomic E-state index is -0.362. The summed E-state index contributed by atoms with van der Waals surface area (Å²) in [4.78, 5) is 12.7. The van der Waals surface area contributed by atoms with E-state index >= 15 is 0 Å². The average molecular weight is 249 g/mol. The topological polar surface area (TPSA) is 58.4 Å². The van der Waals surface area contributed by atoms with Gasteiger partial charge in [0.05, 0.1) is 4.92 Å². The third-order valence-corrected chi connectivity index (χ3v) is 3.49. The lowest BCUT2D eigenvalue weighted by Gasteiger charge is -2.23. The molecule has 2 rings (SSSR count). The molecule has 1 saturated heterocycles. The highest BCUT2D eigenvalue weighted by Crippen LogP contribution is 2.20. The molecule has 5 nitrogen and oxygen atoms in total. The summed E-state index contributed by atoms with van der Waals surface area (Å²) < 4.78 is 0. The molecule has 0 bridgehead atoms. The van der Waals surface area contributed by atoms with Gasteiger partial charge in [-0.15, -0.1) is 0 Å². The summed E-state index contributed by atoms with van der Waals surface area (Å²) in [5, 5.41) is 13.9. The van der Waals surface area contributed by atoms with Gasteiger partial charge >= 0.3 is 0 Å². The molecule has 1 aromatic rings. The molecule has 1 fully saturated rings.